The summed E-state index contributed by atoms with van der Waals surface area (Å²) in [6.45, 7) is 6.80. The van der Waals surface area contributed by atoms with Crippen molar-refractivity contribution in [3.05, 3.63) is 16.0 Å². The van der Waals surface area contributed by atoms with Gasteiger partial charge in [0.25, 0.3) is 0 Å². The maximum Gasteiger partial charge on any atom is 0.410 e. The molecule has 2 heterocycles. The van der Waals surface area contributed by atoms with Crippen molar-refractivity contribution in [2.75, 3.05) is 18.4 Å². The number of carbonyl (C=O) groups is 1. The molecule has 8 heteroatoms. The van der Waals surface area contributed by atoms with E-state index in [0.29, 0.717) is 18.9 Å². The second-order valence-corrected chi connectivity index (χ2v) is 7.08. The van der Waals surface area contributed by atoms with Gasteiger partial charge in [0.1, 0.15) is 11.4 Å². The van der Waals surface area contributed by atoms with E-state index < -0.39 is 5.60 Å². The predicted octanol–water partition coefficient (Wildman–Crippen LogP) is 3.31. The first-order chi connectivity index (χ1) is 9.74. The lowest BCUT2D eigenvalue weighted by molar-refractivity contribution is 0.0293. The monoisotopic (exact) mass is 376 g/mol. The summed E-state index contributed by atoms with van der Waals surface area (Å²) in [4.78, 5) is 21.7. The SMILES string of the molecule is CC(C)(C)OC(=O)N1CC[C@@H](Nc2nc(Cl)ncc2Br)C1. The number of halogens is 2. The van der Waals surface area contributed by atoms with Crippen LogP contribution in [-0.4, -0.2) is 45.7 Å². The number of anilines is 1. The minimum Gasteiger partial charge on any atom is -0.444 e. The van der Waals surface area contributed by atoms with E-state index in [0.717, 1.165) is 10.9 Å². The summed E-state index contributed by atoms with van der Waals surface area (Å²) in [7, 11) is 0. The average Bonchev–Trinajstić information content (AvgIpc) is 2.80. The van der Waals surface area contributed by atoms with Crippen LogP contribution in [0.2, 0.25) is 5.28 Å². The average molecular weight is 378 g/mol. The molecule has 6 nitrogen and oxygen atoms in total. The third-order valence-electron chi connectivity index (χ3n) is 2.90. The zero-order chi connectivity index (χ0) is 15.6. The first-order valence-electron chi connectivity index (χ1n) is 6.67. The highest BCUT2D eigenvalue weighted by Crippen LogP contribution is 2.23. The van der Waals surface area contributed by atoms with Crippen molar-refractivity contribution >= 4 is 39.4 Å². The van der Waals surface area contributed by atoms with Crippen LogP contribution in [-0.2, 0) is 4.74 Å². The fraction of sp³-hybridized carbons (Fsp3) is 0.615. The molecule has 1 N–H and O–H groups in total. The quantitative estimate of drug-likeness (QED) is 0.801. The number of hydrogen-bond donors (Lipinski definition) is 1. The molecule has 1 fully saturated rings. The van der Waals surface area contributed by atoms with Gasteiger partial charge in [-0.15, -0.1) is 0 Å². The molecule has 0 aliphatic carbocycles. The van der Waals surface area contributed by atoms with Crippen molar-refractivity contribution in [3.8, 4) is 0 Å². The topological polar surface area (TPSA) is 67.3 Å². The number of hydrogen-bond acceptors (Lipinski definition) is 5. The molecule has 1 aliphatic heterocycles. The summed E-state index contributed by atoms with van der Waals surface area (Å²) in [5.41, 5.74) is -0.480. The summed E-state index contributed by atoms with van der Waals surface area (Å²) in [6, 6.07) is 0.111. The van der Waals surface area contributed by atoms with Crippen molar-refractivity contribution in [1.82, 2.24) is 14.9 Å². The van der Waals surface area contributed by atoms with Crippen LogP contribution in [0.3, 0.4) is 0 Å². The van der Waals surface area contributed by atoms with Gasteiger partial charge in [-0.1, -0.05) is 0 Å². The Morgan fingerprint density at radius 2 is 2.29 bits per heavy atom. The molecule has 0 saturated carbocycles. The van der Waals surface area contributed by atoms with Gasteiger partial charge in [0, 0.05) is 25.3 Å². The van der Waals surface area contributed by atoms with Crippen molar-refractivity contribution in [2.24, 2.45) is 0 Å². The maximum atomic E-state index is 12.0. The van der Waals surface area contributed by atoms with E-state index in [-0.39, 0.29) is 17.4 Å². The first kappa shape index (κ1) is 16.3. The molecule has 21 heavy (non-hydrogen) atoms. The Morgan fingerprint density at radius 3 is 2.95 bits per heavy atom. The number of aromatic nitrogens is 2. The van der Waals surface area contributed by atoms with Crippen LogP contribution in [0.4, 0.5) is 10.6 Å². The van der Waals surface area contributed by atoms with Gasteiger partial charge in [0.2, 0.25) is 5.28 Å². The molecule has 0 radical (unpaired) electrons. The molecule has 0 aromatic carbocycles. The minimum absolute atomic E-state index is 0.111. The van der Waals surface area contributed by atoms with Crippen LogP contribution in [0.1, 0.15) is 27.2 Å². The highest BCUT2D eigenvalue weighted by atomic mass is 79.9. The van der Waals surface area contributed by atoms with Gasteiger partial charge in [0.15, 0.2) is 0 Å². The Hall–Kier alpha value is -1.08. The molecule has 0 spiro atoms. The van der Waals surface area contributed by atoms with E-state index >= 15 is 0 Å². The van der Waals surface area contributed by atoms with Gasteiger partial charge in [-0.05, 0) is 54.7 Å². The summed E-state index contributed by atoms with van der Waals surface area (Å²) in [5, 5.41) is 3.45. The van der Waals surface area contributed by atoms with E-state index in [4.69, 9.17) is 16.3 Å². The largest absolute Gasteiger partial charge is 0.444 e. The number of amides is 1. The molecule has 1 aromatic heterocycles. The Labute approximate surface area is 137 Å². The Morgan fingerprint density at radius 1 is 1.57 bits per heavy atom. The molecule has 1 atom stereocenters. The molecule has 0 unspecified atom stereocenters. The smallest absolute Gasteiger partial charge is 0.410 e. The Kier molecular flexibility index (Phi) is 4.93. The van der Waals surface area contributed by atoms with E-state index in [1.165, 1.54) is 0 Å². The molecule has 0 bridgehead atoms. The number of nitrogens with one attached hydrogen (secondary N) is 1. The lowest BCUT2D eigenvalue weighted by Crippen LogP contribution is -2.36. The van der Waals surface area contributed by atoms with E-state index in [9.17, 15) is 4.79 Å². The molecule has 1 saturated heterocycles. The number of likely N-dealkylation sites (tertiary alicyclic amines) is 1. The summed E-state index contributed by atoms with van der Waals surface area (Å²) >= 11 is 9.16. The summed E-state index contributed by atoms with van der Waals surface area (Å²) < 4.78 is 6.10. The van der Waals surface area contributed by atoms with E-state index in [2.05, 4.69) is 31.2 Å². The molecular weight excluding hydrogens is 360 g/mol. The minimum atomic E-state index is -0.480. The van der Waals surface area contributed by atoms with E-state index in [1.807, 2.05) is 20.8 Å². The normalized spacial score (nSPS) is 18.7. The maximum absolute atomic E-state index is 12.0. The molecule has 116 valence electrons. The van der Waals surface area contributed by atoms with Gasteiger partial charge < -0.3 is 15.0 Å². The zero-order valence-electron chi connectivity index (χ0n) is 12.2. The molecular formula is C13H18BrClN4O2. The highest BCUT2D eigenvalue weighted by Gasteiger charge is 2.30. The number of carbonyl (C=O) groups excluding carboxylic acids is 1. The summed E-state index contributed by atoms with van der Waals surface area (Å²) in [5.74, 6) is 0.631. The zero-order valence-corrected chi connectivity index (χ0v) is 14.5. The second kappa shape index (κ2) is 6.36. The fourth-order valence-electron chi connectivity index (χ4n) is 2.01. The number of ether oxygens (including phenoxy) is 1. The third-order valence-corrected chi connectivity index (χ3v) is 3.66. The molecule has 1 amide bonds. The molecule has 1 aromatic rings. The van der Waals surface area contributed by atoms with Gasteiger partial charge in [-0.3, -0.25) is 0 Å². The van der Waals surface area contributed by atoms with Gasteiger partial charge in [-0.2, -0.15) is 4.98 Å². The Balaban J connectivity index is 1.93. The number of rotatable bonds is 2. The second-order valence-electron chi connectivity index (χ2n) is 5.89. The predicted molar refractivity (Wildman–Crippen MR) is 84.6 cm³/mol. The van der Waals surface area contributed by atoms with Crippen LogP contribution in [0.25, 0.3) is 0 Å². The fourth-order valence-corrected chi connectivity index (χ4v) is 2.45. The highest BCUT2D eigenvalue weighted by molar-refractivity contribution is 9.10. The van der Waals surface area contributed by atoms with Crippen LogP contribution in [0.15, 0.2) is 10.7 Å². The molecule has 2 rings (SSSR count). The van der Waals surface area contributed by atoms with Crippen LogP contribution in [0, 0.1) is 0 Å². The van der Waals surface area contributed by atoms with Gasteiger partial charge >= 0.3 is 6.09 Å². The van der Waals surface area contributed by atoms with Crippen LogP contribution >= 0.6 is 27.5 Å². The van der Waals surface area contributed by atoms with Crippen molar-refractivity contribution in [1.29, 1.82) is 0 Å². The lowest BCUT2D eigenvalue weighted by Gasteiger charge is -2.24. The lowest BCUT2D eigenvalue weighted by atomic mass is 10.2. The van der Waals surface area contributed by atoms with E-state index in [1.54, 1.807) is 11.1 Å². The standard InChI is InChI=1S/C13H18BrClN4O2/c1-13(2,3)21-12(20)19-5-4-8(7-19)17-10-9(14)6-16-11(15)18-10/h6,8H,4-5,7H2,1-3H3,(H,16,17,18)/t8-/m1/s1. The van der Waals surface area contributed by atoms with Gasteiger partial charge in [-0.25, -0.2) is 9.78 Å². The van der Waals surface area contributed by atoms with Crippen molar-refractivity contribution < 1.29 is 9.53 Å². The van der Waals surface area contributed by atoms with Crippen molar-refractivity contribution in [3.63, 3.8) is 0 Å². The molecule has 1 aliphatic rings. The van der Waals surface area contributed by atoms with Crippen LogP contribution in [0.5, 0.6) is 0 Å². The third kappa shape index (κ3) is 4.71. The van der Waals surface area contributed by atoms with Crippen molar-refractivity contribution in [2.45, 2.75) is 38.8 Å². The van der Waals surface area contributed by atoms with Gasteiger partial charge in [0.05, 0.1) is 4.47 Å². The van der Waals surface area contributed by atoms with Crippen LogP contribution < -0.4 is 5.32 Å². The Bertz CT molecular complexity index is 535. The summed E-state index contributed by atoms with van der Waals surface area (Å²) in [6.07, 6.45) is 2.14. The number of nitrogens with zero attached hydrogens (tertiary/aromatic N) is 3. The first-order valence-corrected chi connectivity index (χ1v) is 7.84.